The van der Waals surface area contributed by atoms with Crippen LogP contribution in [0.3, 0.4) is 0 Å². The van der Waals surface area contributed by atoms with Gasteiger partial charge in [0, 0.05) is 37.9 Å². The highest BCUT2D eigenvalue weighted by atomic mass is 35.5. The summed E-state index contributed by atoms with van der Waals surface area (Å²) < 4.78 is 16.5. The predicted octanol–water partition coefficient (Wildman–Crippen LogP) is 4.24. The van der Waals surface area contributed by atoms with Gasteiger partial charge >= 0.3 is 0 Å². The van der Waals surface area contributed by atoms with Crippen LogP contribution in [0, 0.1) is 0 Å². The topological polar surface area (TPSA) is 51.2 Å². The molecule has 0 unspecified atom stereocenters. The van der Waals surface area contributed by atoms with Crippen LogP contribution in [0.25, 0.3) is 0 Å². The van der Waals surface area contributed by atoms with Crippen LogP contribution in [0.5, 0.6) is 11.5 Å². The zero-order valence-corrected chi connectivity index (χ0v) is 18.7. The number of morpholine rings is 1. The molecule has 1 heterocycles. The summed E-state index contributed by atoms with van der Waals surface area (Å²) in [5, 5.41) is 0.356. The number of carbonyl (C=O) groups is 1. The second-order valence-electron chi connectivity index (χ2n) is 7.58. The maximum absolute atomic E-state index is 13.0. The second kappa shape index (κ2) is 10.0. The molecule has 0 atom stereocenters. The molecule has 3 rings (SSSR count). The number of anilines is 1. The molecule has 2 aromatic rings. The highest BCUT2D eigenvalue weighted by molar-refractivity contribution is 6.32. The van der Waals surface area contributed by atoms with Crippen molar-refractivity contribution in [2.45, 2.75) is 26.5 Å². The molecular weight excluding hydrogens is 404 g/mol. The molecule has 162 valence electrons. The average molecular weight is 433 g/mol. The fraction of sp³-hybridized carbons (Fsp3) is 0.435. The lowest BCUT2D eigenvalue weighted by atomic mass is 10.1. The Morgan fingerprint density at radius 2 is 1.87 bits per heavy atom. The van der Waals surface area contributed by atoms with Crippen LogP contribution in [-0.4, -0.2) is 57.4 Å². The number of amides is 1. The Kier molecular flexibility index (Phi) is 7.45. The fourth-order valence-electron chi connectivity index (χ4n) is 3.39. The molecule has 0 N–H and O–H groups in total. The summed E-state index contributed by atoms with van der Waals surface area (Å²) >= 11 is 6.37. The number of hydrogen-bond donors (Lipinski definition) is 0. The molecule has 0 spiro atoms. The van der Waals surface area contributed by atoms with Gasteiger partial charge in [-0.05, 0) is 43.7 Å². The highest BCUT2D eigenvalue weighted by Crippen LogP contribution is 2.37. The van der Waals surface area contributed by atoms with Gasteiger partial charge in [-0.15, -0.1) is 0 Å². The monoisotopic (exact) mass is 432 g/mol. The normalized spacial score (nSPS) is 14.0. The molecule has 0 radical (unpaired) electrons. The Morgan fingerprint density at radius 3 is 2.47 bits per heavy atom. The van der Waals surface area contributed by atoms with E-state index in [1.165, 1.54) is 12.8 Å². The molecule has 0 aliphatic carbocycles. The van der Waals surface area contributed by atoms with Crippen LogP contribution >= 0.6 is 11.6 Å². The third kappa shape index (κ3) is 5.37. The molecular formula is C23H29ClN2O4. The Bertz CT molecular complexity index is 864. The molecule has 1 amide bonds. The molecule has 0 aromatic heterocycles. The Morgan fingerprint density at radius 1 is 1.20 bits per heavy atom. The fourth-order valence-corrected chi connectivity index (χ4v) is 3.65. The minimum absolute atomic E-state index is 0.0546. The van der Waals surface area contributed by atoms with Crippen molar-refractivity contribution in [3.8, 4) is 11.5 Å². The van der Waals surface area contributed by atoms with Gasteiger partial charge in [0.25, 0.3) is 5.91 Å². The maximum Gasteiger partial charge on any atom is 0.254 e. The standard InChI is InChI=1S/C23H29ClN2O4/c1-16(2)30-22-20(24)13-18(14-21(22)28-4)23(27)25(3)15-17-5-7-19(8-6-17)26-9-11-29-12-10-26/h5-8,13-14,16H,9-12,15H2,1-4H3. The third-order valence-electron chi connectivity index (χ3n) is 4.91. The average Bonchev–Trinajstić information content (AvgIpc) is 2.75. The highest BCUT2D eigenvalue weighted by Gasteiger charge is 2.19. The third-order valence-corrected chi connectivity index (χ3v) is 5.19. The van der Waals surface area contributed by atoms with Crippen LogP contribution < -0.4 is 14.4 Å². The molecule has 2 aromatic carbocycles. The van der Waals surface area contributed by atoms with Gasteiger partial charge in [-0.1, -0.05) is 23.7 Å². The summed E-state index contributed by atoms with van der Waals surface area (Å²) in [6, 6.07) is 11.6. The summed E-state index contributed by atoms with van der Waals surface area (Å²) in [7, 11) is 3.31. The maximum atomic E-state index is 13.0. The smallest absolute Gasteiger partial charge is 0.254 e. The SMILES string of the molecule is COc1cc(C(=O)N(C)Cc2ccc(N3CCOCC3)cc2)cc(Cl)c1OC(C)C. The molecule has 0 bridgehead atoms. The number of ether oxygens (including phenoxy) is 3. The summed E-state index contributed by atoms with van der Waals surface area (Å²) in [4.78, 5) is 16.9. The van der Waals surface area contributed by atoms with Gasteiger partial charge in [-0.2, -0.15) is 0 Å². The first kappa shape index (κ1) is 22.2. The van der Waals surface area contributed by atoms with Crippen molar-refractivity contribution < 1.29 is 19.0 Å². The van der Waals surface area contributed by atoms with Crippen LogP contribution in [0.15, 0.2) is 36.4 Å². The lowest BCUT2D eigenvalue weighted by molar-refractivity contribution is 0.0784. The predicted molar refractivity (Wildman–Crippen MR) is 119 cm³/mol. The van der Waals surface area contributed by atoms with E-state index in [0.29, 0.717) is 28.6 Å². The summed E-state index contributed by atoms with van der Waals surface area (Å²) in [5.41, 5.74) is 2.69. The van der Waals surface area contributed by atoms with Crippen molar-refractivity contribution in [3.63, 3.8) is 0 Å². The van der Waals surface area contributed by atoms with E-state index in [1.807, 2.05) is 13.8 Å². The second-order valence-corrected chi connectivity index (χ2v) is 7.99. The molecule has 1 fully saturated rings. The van der Waals surface area contributed by atoms with Gasteiger partial charge in [0.2, 0.25) is 0 Å². The number of nitrogens with zero attached hydrogens (tertiary/aromatic N) is 2. The van der Waals surface area contributed by atoms with Crippen molar-refractivity contribution in [2.24, 2.45) is 0 Å². The van der Waals surface area contributed by atoms with Gasteiger partial charge in [0.05, 0.1) is 31.5 Å². The van der Waals surface area contributed by atoms with E-state index < -0.39 is 0 Å². The number of carbonyl (C=O) groups excluding carboxylic acids is 1. The van der Waals surface area contributed by atoms with E-state index >= 15 is 0 Å². The van der Waals surface area contributed by atoms with E-state index in [1.54, 1.807) is 24.1 Å². The zero-order chi connectivity index (χ0) is 21.7. The first-order chi connectivity index (χ1) is 14.4. The number of methoxy groups -OCH3 is 1. The van der Waals surface area contributed by atoms with Gasteiger partial charge in [-0.3, -0.25) is 4.79 Å². The van der Waals surface area contributed by atoms with E-state index in [4.69, 9.17) is 25.8 Å². The zero-order valence-electron chi connectivity index (χ0n) is 18.0. The molecule has 1 saturated heterocycles. The van der Waals surface area contributed by atoms with E-state index in [2.05, 4.69) is 29.2 Å². The number of benzene rings is 2. The van der Waals surface area contributed by atoms with Crippen molar-refractivity contribution in [1.82, 2.24) is 4.90 Å². The Balaban J connectivity index is 1.70. The first-order valence-electron chi connectivity index (χ1n) is 10.1. The van der Waals surface area contributed by atoms with Crippen LogP contribution in [-0.2, 0) is 11.3 Å². The van der Waals surface area contributed by atoms with Crippen LogP contribution in [0.2, 0.25) is 5.02 Å². The molecule has 1 aliphatic heterocycles. The lowest BCUT2D eigenvalue weighted by Gasteiger charge is -2.29. The minimum Gasteiger partial charge on any atom is -0.493 e. The van der Waals surface area contributed by atoms with Crippen molar-refractivity contribution >= 4 is 23.2 Å². The number of rotatable bonds is 7. The number of halogens is 1. The van der Waals surface area contributed by atoms with Gasteiger partial charge in [0.15, 0.2) is 11.5 Å². The van der Waals surface area contributed by atoms with Crippen molar-refractivity contribution in [2.75, 3.05) is 45.4 Å². The molecule has 30 heavy (non-hydrogen) atoms. The summed E-state index contributed by atoms with van der Waals surface area (Å²) in [6.07, 6.45) is -0.0546. The molecule has 1 aliphatic rings. The van der Waals surface area contributed by atoms with Gasteiger partial charge in [-0.25, -0.2) is 0 Å². The van der Waals surface area contributed by atoms with Crippen molar-refractivity contribution in [3.05, 3.63) is 52.5 Å². The van der Waals surface area contributed by atoms with E-state index in [9.17, 15) is 4.79 Å². The van der Waals surface area contributed by atoms with E-state index in [0.717, 1.165) is 31.9 Å². The molecule has 0 saturated carbocycles. The minimum atomic E-state index is -0.136. The Labute approximate surface area is 183 Å². The molecule has 7 heteroatoms. The van der Waals surface area contributed by atoms with Gasteiger partial charge in [0.1, 0.15) is 0 Å². The largest absolute Gasteiger partial charge is 0.493 e. The first-order valence-corrected chi connectivity index (χ1v) is 10.5. The number of hydrogen-bond acceptors (Lipinski definition) is 5. The summed E-state index contributed by atoms with van der Waals surface area (Å²) in [6.45, 7) is 7.62. The van der Waals surface area contributed by atoms with Crippen LogP contribution in [0.1, 0.15) is 29.8 Å². The van der Waals surface area contributed by atoms with Gasteiger partial charge < -0.3 is 24.0 Å². The van der Waals surface area contributed by atoms with Crippen LogP contribution in [0.4, 0.5) is 5.69 Å². The van der Waals surface area contributed by atoms with Crippen molar-refractivity contribution in [1.29, 1.82) is 0 Å². The summed E-state index contributed by atoms with van der Waals surface area (Å²) in [5.74, 6) is 0.762. The Hall–Kier alpha value is -2.44. The quantitative estimate of drug-likeness (QED) is 0.654. The molecule has 6 nitrogen and oxygen atoms in total. The van der Waals surface area contributed by atoms with E-state index in [-0.39, 0.29) is 12.0 Å². The lowest BCUT2D eigenvalue weighted by Crippen LogP contribution is -2.36.